The van der Waals surface area contributed by atoms with E-state index in [1.165, 1.54) is 12.5 Å². The van der Waals surface area contributed by atoms with Gasteiger partial charge in [0, 0.05) is 0 Å². The highest BCUT2D eigenvalue weighted by Crippen LogP contribution is 2.32. The molecule has 1 aromatic carbocycles. The maximum Gasteiger partial charge on any atom is 0.337 e. The van der Waals surface area contributed by atoms with E-state index in [-0.39, 0.29) is 16.7 Å². The molecule has 1 aliphatic carbocycles. The van der Waals surface area contributed by atoms with Crippen LogP contribution in [0.4, 0.5) is 0 Å². The first-order valence-corrected chi connectivity index (χ1v) is 7.04. The number of carboxylic acid groups (broad SMARTS) is 1. The Morgan fingerprint density at radius 3 is 2.63 bits per heavy atom. The zero-order chi connectivity index (χ0) is 14.0. The Balaban J connectivity index is 2.04. The number of halogens is 1. The third kappa shape index (κ3) is 3.41. The Morgan fingerprint density at radius 1 is 1.32 bits per heavy atom. The van der Waals surface area contributed by atoms with E-state index in [0.29, 0.717) is 11.7 Å². The van der Waals surface area contributed by atoms with Crippen molar-refractivity contribution in [2.75, 3.05) is 0 Å². The van der Waals surface area contributed by atoms with Crippen molar-refractivity contribution in [3.63, 3.8) is 0 Å². The lowest BCUT2D eigenvalue weighted by Gasteiger charge is -2.32. The highest BCUT2D eigenvalue weighted by molar-refractivity contribution is 6.33. The van der Waals surface area contributed by atoms with Crippen LogP contribution in [0.2, 0.25) is 5.02 Å². The topological polar surface area (TPSA) is 46.5 Å². The summed E-state index contributed by atoms with van der Waals surface area (Å²) in [5, 5.41) is 9.14. The Hall–Kier alpha value is -1.22. The predicted octanol–water partition coefficient (Wildman–Crippen LogP) is 4.24. The van der Waals surface area contributed by atoms with Gasteiger partial charge in [0.15, 0.2) is 0 Å². The van der Waals surface area contributed by atoms with Crippen LogP contribution in [0.1, 0.15) is 43.5 Å². The van der Waals surface area contributed by atoms with Crippen LogP contribution in [-0.2, 0) is 0 Å². The van der Waals surface area contributed by atoms with Crippen LogP contribution >= 0.6 is 11.6 Å². The van der Waals surface area contributed by atoms with E-state index in [2.05, 4.69) is 13.8 Å². The number of hydrogen-bond donors (Lipinski definition) is 1. The SMILES string of the molecule is CC1CCC(Oc2ccc(C(=O)O)c(Cl)c2)CC1C. The third-order valence-corrected chi connectivity index (χ3v) is 4.34. The van der Waals surface area contributed by atoms with Gasteiger partial charge in [0.1, 0.15) is 5.75 Å². The molecule has 0 aromatic heterocycles. The van der Waals surface area contributed by atoms with E-state index < -0.39 is 5.97 Å². The van der Waals surface area contributed by atoms with Crippen LogP contribution in [0.15, 0.2) is 18.2 Å². The zero-order valence-corrected chi connectivity index (χ0v) is 12.0. The van der Waals surface area contributed by atoms with Crippen LogP contribution in [0.25, 0.3) is 0 Å². The maximum atomic E-state index is 10.9. The number of hydrogen-bond acceptors (Lipinski definition) is 2. The fraction of sp³-hybridized carbons (Fsp3) is 0.533. The molecule has 19 heavy (non-hydrogen) atoms. The molecular formula is C15H19ClO3. The molecule has 1 aromatic rings. The molecule has 3 nitrogen and oxygen atoms in total. The number of ether oxygens (including phenoxy) is 1. The molecule has 0 aliphatic heterocycles. The quantitative estimate of drug-likeness (QED) is 0.902. The third-order valence-electron chi connectivity index (χ3n) is 4.02. The van der Waals surface area contributed by atoms with Gasteiger partial charge in [-0.3, -0.25) is 0 Å². The van der Waals surface area contributed by atoms with Crippen molar-refractivity contribution in [2.45, 2.75) is 39.2 Å². The second-order valence-electron chi connectivity index (χ2n) is 5.45. The van der Waals surface area contributed by atoms with Gasteiger partial charge in [0.2, 0.25) is 0 Å². The van der Waals surface area contributed by atoms with E-state index in [9.17, 15) is 4.79 Å². The van der Waals surface area contributed by atoms with Gasteiger partial charge in [-0.25, -0.2) is 4.79 Å². The van der Waals surface area contributed by atoms with Gasteiger partial charge in [0.25, 0.3) is 0 Å². The second-order valence-corrected chi connectivity index (χ2v) is 5.86. The summed E-state index contributed by atoms with van der Waals surface area (Å²) in [4.78, 5) is 10.9. The first-order chi connectivity index (χ1) is 8.97. The Labute approximate surface area is 118 Å². The van der Waals surface area contributed by atoms with Gasteiger partial charge in [-0.05, 0) is 49.3 Å². The smallest absolute Gasteiger partial charge is 0.337 e. The highest BCUT2D eigenvalue weighted by Gasteiger charge is 2.25. The van der Waals surface area contributed by atoms with Gasteiger partial charge < -0.3 is 9.84 Å². The molecule has 3 unspecified atom stereocenters. The van der Waals surface area contributed by atoms with Crippen molar-refractivity contribution in [3.8, 4) is 5.75 Å². The van der Waals surface area contributed by atoms with Crippen LogP contribution in [-0.4, -0.2) is 17.2 Å². The molecule has 1 saturated carbocycles. The summed E-state index contributed by atoms with van der Waals surface area (Å²) in [5.41, 5.74) is 0.111. The van der Waals surface area contributed by atoms with Crippen molar-refractivity contribution in [2.24, 2.45) is 11.8 Å². The molecular weight excluding hydrogens is 264 g/mol. The van der Waals surface area contributed by atoms with Gasteiger partial charge in [-0.15, -0.1) is 0 Å². The number of rotatable bonds is 3. The number of carboxylic acids is 1. The summed E-state index contributed by atoms with van der Waals surface area (Å²) in [6.07, 6.45) is 3.47. The summed E-state index contributed by atoms with van der Waals surface area (Å²) < 4.78 is 5.91. The monoisotopic (exact) mass is 282 g/mol. The molecule has 0 saturated heterocycles. The second kappa shape index (κ2) is 5.83. The van der Waals surface area contributed by atoms with Crippen molar-refractivity contribution in [1.29, 1.82) is 0 Å². The van der Waals surface area contributed by atoms with E-state index in [1.54, 1.807) is 12.1 Å². The van der Waals surface area contributed by atoms with Gasteiger partial charge >= 0.3 is 5.97 Å². The average molecular weight is 283 g/mol. The molecule has 0 spiro atoms. The van der Waals surface area contributed by atoms with Crippen LogP contribution in [0.5, 0.6) is 5.75 Å². The fourth-order valence-electron chi connectivity index (χ4n) is 2.54. The molecule has 0 amide bonds. The van der Waals surface area contributed by atoms with E-state index >= 15 is 0 Å². The van der Waals surface area contributed by atoms with Gasteiger partial charge in [-0.1, -0.05) is 25.4 Å². The first-order valence-electron chi connectivity index (χ1n) is 6.67. The summed E-state index contributed by atoms with van der Waals surface area (Å²) in [7, 11) is 0. The minimum Gasteiger partial charge on any atom is -0.490 e. The Bertz CT molecular complexity index is 472. The Kier molecular flexibility index (Phi) is 4.35. The van der Waals surface area contributed by atoms with E-state index in [1.807, 2.05) is 0 Å². The van der Waals surface area contributed by atoms with Crippen molar-refractivity contribution in [3.05, 3.63) is 28.8 Å². The van der Waals surface area contributed by atoms with Crippen molar-refractivity contribution < 1.29 is 14.6 Å². The molecule has 3 atom stereocenters. The molecule has 1 aliphatic rings. The standard InChI is InChI=1S/C15H19ClO3/c1-9-3-4-11(7-10(9)2)19-12-5-6-13(15(17)18)14(16)8-12/h5-6,8-11H,3-4,7H2,1-2H3,(H,17,18). The minimum atomic E-state index is -1.02. The van der Waals surface area contributed by atoms with E-state index in [0.717, 1.165) is 18.8 Å². The number of carbonyl (C=O) groups is 1. The molecule has 1 N–H and O–H groups in total. The predicted molar refractivity (Wildman–Crippen MR) is 75.0 cm³/mol. The summed E-state index contributed by atoms with van der Waals surface area (Å²) >= 11 is 5.93. The molecule has 104 valence electrons. The normalized spacial score (nSPS) is 27.0. The largest absolute Gasteiger partial charge is 0.490 e. The fourth-order valence-corrected chi connectivity index (χ4v) is 2.79. The Morgan fingerprint density at radius 2 is 2.05 bits per heavy atom. The lowest BCUT2D eigenvalue weighted by molar-refractivity contribution is 0.0697. The number of aromatic carboxylic acids is 1. The molecule has 0 radical (unpaired) electrons. The molecule has 1 fully saturated rings. The highest BCUT2D eigenvalue weighted by atomic mass is 35.5. The molecule has 2 rings (SSSR count). The average Bonchev–Trinajstić information content (AvgIpc) is 2.33. The van der Waals surface area contributed by atoms with E-state index in [4.69, 9.17) is 21.4 Å². The van der Waals surface area contributed by atoms with Crippen molar-refractivity contribution >= 4 is 17.6 Å². The van der Waals surface area contributed by atoms with Gasteiger partial charge in [-0.2, -0.15) is 0 Å². The number of benzene rings is 1. The maximum absolute atomic E-state index is 10.9. The minimum absolute atomic E-state index is 0.111. The van der Waals surface area contributed by atoms with Crippen molar-refractivity contribution in [1.82, 2.24) is 0 Å². The molecule has 4 heteroatoms. The lowest BCUT2D eigenvalue weighted by atomic mass is 9.80. The first kappa shape index (κ1) is 14.2. The lowest BCUT2D eigenvalue weighted by Crippen LogP contribution is -2.28. The summed E-state index contributed by atoms with van der Waals surface area (Å²) in [5.74, 6) is 1.05. The van der Waals surface area contributed by atoms with Crippen LogP contribution in [0, 0.1) is 11.8 Å². The summed E-state index contributed by atoms with van der Waals surface area (Å²) in [6, 6.07) is 4.76. The summed E-state index contributed by atoms with van der Waals surface area (Å²) in [6.45, 7) is 4.53. The molecule has 0 bridgehead atoms. The van der Waals surface area contributed by atoms with Crippen LogP contribution in [0.3, 0.4) is 0 Å². The van der Waals surface area contributed by atoms with Crippen LogP contribution < -0.4 is 4.74 Å². The molecule has 0 heterocycles. The van der Waals surface area contributed by atoms with Gasteiger partial charge in [0.05, 0.1) is 16.7 Å². The zero-order valence-electron chi connectivity index (χ0n) is 11.2.